The van der Waals surface area contributed by atoms with Gasteiger partial charge in [0.25, 0.3) is 0 Å². The van der Waals surface area contributed by atoms with Gasteiger partial charge in [0, 0.05) is 24.5 Å². The number of nitrogens with zero attached hydrogens (tertiary/aromatic N) is 4. The lowest BCUT2D eigenvalue weighted by Crippen LogP contribution is -2.29. The molecule has 1 amide bonds. The van der Waals surface area contributed by atoms with Gasteiger partial charge in [-0.25, -0.2) is 0 Å². The highest BCUT2D eigenvalue weighted by Crippen LogP contribution is 2.27. The van der Waals surface area contributed by atoms with Crippen molar-refractivity contribution in [1.82, 2.24) is 14.8 Å². The number of piperidine rings is 1. The van der Waals surface area contributed by atoms with Crippen LogP contribution in [0.5, 0.6) is 5.75 Å². The van der Waals surface area contributed by atoms with Crippen LogP contribution in [0.4, 0.5) is 11.4 Å². The highest BCUT2D eigenvalue weighted by atomic mass is 32.2. The van der Waals surface area contributed by atoms with Gasteiger partial charge < -0.3 is 15.0 Å². The van der Waals surface area contributed by atoms with Crippen LogP contribution in [0.1, 0.15) is 19.3 Å². The van der Waals surface area contributed by atoms with Crippen LogP contribution in [-0.2, 0) is 4.79 Å². The topological polar surface area (TPSA) is 72.3 Å². The SMILES string of the molecule is COc1ccccc1-n1cnnc1SCC(=O)Nc1ccc(N2CCCCC2)cc1. The van der Waals surface area contributed by atoms with Crippen molar-refractivity contribution in [3.05, 3.63) is 54.9 Å². The molecule has 4 rings (SSSR count). The van der Waals surface area contributed by atoms with E-state index < -0.39 is 0 Å². The van der Waals surface area contributed by atoms with E-state index in [1.165, 1.54) is 36.7 Å². The summed E-state index contributed by atoms with van der Waals surface area (Å²) >= 11 is 1.33. The number of para-hydroxylation sites is 2. The number of benzene rings is 2. The van der Waals surface area contributed by atoms with Crippen molar-refractivity contribution < 1.29 is 9.53 Å². The second-order valence-electron chi connectivity index (χ2n) is 7.09. The molecule has 1 aromatic heterocycles. The number of rotatable bonds is 7. The van der Waals surface area contributed by atoms with Gasteiger partial charge in [0.2, 0.25) is 5.91 Å². The van der Waals surface area contributed by atoms with Crippen LogP contribution in [0.2, 0.25) is 0 Å². The average Bonchev–Trinajstić information content (AvgIpc) is 3.27. The second-order valence-corrected chi connectivity index (χ2v) is 8.03. The van der Waals surface area contributed by atoms with Crippen LogP contribution in [0.25, 0.3) is 5.69 Å². The van der Waals surface area contributed by atoms with E-state index in [0.717, 1.165) is 30.2 Å². The van der Waals surface area contributed by atoms with Crippen LogP contribution < -0.4 is 15.0 Å². The molecule has 1 aliphatic heterocycles. The molecular weight excluding hydrogens is 398 g/mol. The predicted octanol–water partition coefficient (Wildman–Crippen LogP) is 4.00. The smallest absolute Gasteiger partial charge is 0.234 e. The summed E-state index contributed by atoms with van der Waals surface area (Å²) in [6.45, 7) is 2.21. The normalized spacial score (nSPS) is 13.8. The van der Waals surface area contributed by atoms with Crippen LogP contribution in [0.15, 0.2) is 60.0 Å². The maximum Gasteiger partial charge on any atom is 0.234 e. The predicted molar refractivity (Wildman–Crippen MR) is 120 cm³/mol. The average molecular weight is 424 g/mol. The third-order valence-corrected chi connectivity index (χ3v) is 6.01. The van der Waals surface area contributed by atoms with E-state index in [9.17, 15) is 4.79 Å². The maximum atomic E-state index is 12.4. The fraction of sp³-hybridized carbons (Fsp3) is 0.318. The molecule has 1 saturated heterocycles. The zero-order chi connectivity index (χ0) is 20.8. The Morgan fingerprint density at radius 1 is 1.10 bits per heavy atom. The summed E-state index contributed by atoms with van der Waals surface area (Å²) in [5.41, 5.74) is 2.85. The third-order valence-electron chi connectivity index (χ3n) is 5.07. The number of amides is 1. The highest BCUT2D eigenvalue weighted by molar-refractivity contribution is 7.99. The van der Waals surface area contributed by atoms with Gasteiger partial charge >= 0.3 is 0 Å². The zero-order valence-corrected chi connectivity index (χ0v) is 17.8. The molecule has 7 nitrogen and oxygen atoms in total. The Kier molecular flexibility index (Phi) is 6.53. The van der Waals surface area contributed by atoms with Gasteiger partial charge in [0.05, 0.1) is 18.6 Å². The Morgan fingerprint density at radius 3 is 2.63 bits per heavy atom. The molecule has 0 bridgehead atoms. The van der Waals surface area contributed by atoms with Crippen LogP contribution >= 0.6 is 11.8 Å². The monoisotopic (exact) mass is 423 g/mol. The molecule has 3 aromatic rings. The summed E-state index contributed by atoms with van der Waals surface area (Å²) in [4.78, 5) is 14.8. The van der Waals surface area contributed by atoms with E-state index in [4.69, 9.17) is 4.74 Å². The molecule has 0 atom stereocenters. The molecule has 2 heterocycles. The van der Waals surface area contributed by atoms with Crippen molar-refractivity contribution in [2.24, 2.45) is 0 Å². The molecule has 0 unspecified atom stereocenters. The van der Waals surface area contributed by atoms with E-state index in [1.54, 1.807) is 13.4 Å². The van der Waals surface area contributed by atoms with Crippen molar-refractivity contribution in [3.63, 3.8) is 0 Å². The van der Waals surface area contributed by atoms with Gasteiger partial charge in [-0.3, -0.25) is 9.36 Å². The van der Waals surface area contributed by atoms with Crippen LogP contribution in [0, 0.1) is 0 Å². The Morgan fingerprint density at radius 2 is 1.87 bits per heavy atom. The first-order valence-corrected chi connectivity index (χ1v) is 11.0. The van der Waals surface area contributed by atoms with Gasteiger partial charge in [-0.2, -0.15) is 0 Å². The fourth-order valence-electron chi connectivity index (χ4n) is 3.55. The van der Waals surface area contributed by atoms with Crippen molar-refractivity contribution in [3.8, 4) is 11.4 Å². The standard InChI is InChI=1S/C22H25N5O2S/c1-29-20-8-4-3-7-19(20)27-16-23-25-22(27)30-15-21(28)24-17-9-11-18(12-10-17)26-13-5-2-6-14-26/h3-4,7-12,16H,2,5-6,13-15H2,1H3,(H,24,28). The van der Waals surface area contributed by atoms with Gasteiger partial charge in [0.1, 0.15) is 12.1 Å². The number of anilines is 2. The van der Waals surface area contributed by atoms with Gasteiger partial charge in [-0.15, -0.1) is 10.2 Å². The number of thioether (sulfide) groups is 1. The Bertz CT molecular complexity index is 983. The molecule has 0 spiro atoms. The lowest BCUT2D eigenvalue weighted by atomic mass is 10.1. The number of carbonyl (C=O) groups is 1. The van der Waals surface area contributed by atoms with E-state index in [-0.39, 0.29) is 11.7 Å². The summed E-state index contributed by atoms with van der Waals surface area (Å²) in [7, 11) is 1.63. The lowest BCUT2D eigenvalue weighted by molar-refractivity contribution is -0.113. The summed E-state index contributed by atoms with van der Waals surface area (Å²) in [5.74, 6) is 0.875. The molecular formula is C22H25N5O2S. The van der Waals surface area contributed by atoms with Crippen molar-refractivity contribution >= 4 is 29.0 Å². The highest BCUT2D eigenvalue weighted by Gasteiger charge is 2.14. The minimum atomic E-state index is -0.0831. The summed E-state index contributed by atoms with van der Waals surface area (Å²) in [6.07, 6.45) is 5.43. The minimum absolute atomic E-state index is 0.0831. The quantitative estimate of drug-likeness (QED) is 0.579. The van der Waals surface area contributed by atoms with E-state index in [0.29, 0.717) is 5.16 Å². The first-order valence-electron chi connectivity index (χ1n) is 10.1. The van der Waals surface area contributed by atoms with Crippen LogP contribution in [-0.4, -0.2) is 46.6 Å². The fourth-order valence-corrected chi connectivity index (χ4v) is 4.27. The summed E-state index contributed by atoms with van der Waals surface area (Å²) < 4.78 is 7.24. The Balaban J connectivity index is 1.35. The van der Waals surface area contributed by atoms with E-state index in [2.05, 4.69) is 32.5 Å². The molecule has 0 saturated carbocycles. The maximum absolute atomic E-state index is 12.4. The van der Waals surface area contributed by atoms with Gasteiger partial charge in [0.15, 0.2) is 5.16 Å². The molecule has 2 aromatic carbocycles. The van der Waals surface area contributed by atoms with Gasteiger partial charge in [-0.1, -0.05) is 23.9 Å². The number of methoxy groups -OCH3 is 1. The first-order chi connectivity index (χ1) is 14.7. The van der Waals surface area contributed by atoms with Crippen molar-refractivity contribution in [1.29, 1.82) is 0 Å². The molecule has 1 N–H and O–H groups in total. The Labute approximate surface area is 180 Å². The molecule has 8 heteroatoms. The third kappa shape index (κ3) is 4.76. The Hall–Kier alpha value is -3.00. The number of hydrogen-bond acceptors (Lipinski definition) is 6. The molecule has 30 heavy (non-hydrogen) atoms. The molecule has 1 fully saturated rings. The number of nitrogens with one attached hydrogen (secondary N) is 1. The number of hydrogen-bond donors (Lipinski definition) is 1. The van der Waals surface area contributed by atoms with Crippen molar-refractivity contribution in [2.75, 3.05) is 36.2 Å². The largest absolute Gasteiger partial charge is 0.495 e. The molecule has 156 valence electrons. The van der Waals surface area contributed by atoms with Gasteiger partial charge in [-0.05, 0) is 55.7 Å². The van der Waals surface area contributed by atoms with Crippen LogP contribution in [0.3, 0.4) is 0 Å². The van der Waals surface area contributed by atoms with Crippen molar-refractivity contribution in [2.45, 2.75) is 24.4 Å². The first kappa shape index (κ1) is 20.3. The zero-order valence-electron chi connectivity index (χ0n) is 17.0. The molecule has 0 aliphatic carbocycles. The van der Waals surface area contributed by atoms with E-state index in [1.807, 2.05) is 41.0 Å². The lowest BCUT2D eigenvalue weighted by Gasteiger charge is -2.28. The molecule has 1 aliphatic rings. The molecule has 0 radical (unpaired) electrons. The number of aromatic nitrogens is 3. The number of carbonyl (C=O) groups excluding carboxylic acids is 1. The number of ether oxygens (including phenoxy) is 1. The minimum Gasteiger partial charge on any atom is -0.495 e. The summed E-state index contributed by atoms with van der Waals surface area (Å²) in [5, 5.41) is 11.7. The second kappa shape index (κ2) is 9.67. The summed E-state index contributed by atoms with van der Waals surface area (Å²) in [6, 6.07) is 15.7. The van der Waals surface area contributed by atoms with E-state index >= 15 is 0 Å².